The van der Waals surface area contributed by atoms with Gasteiger partial charge >= 0.3 is 6.18 Å². The Kier molecular flexibility index (Phi) is 4.44. The third-order valence-electron chi connectivity index (χ3n) is 8.52. The molecule has 1 saturated heterocycles. The number of hydrogen-bond acceptors (Lipinski definition) is 7. The van der Waals surface area contributed by atoms with Crippen LogP contribution in [-0.4, -0.2) is 55.1 Å². The monoisotopic (exact) mass is 499 g/mol. The van der Waals surface area contributed by atoms with Crippen LogP contribution in [0.25, 0.3) is 11.2 Å². The lowest BCUT2D eigenvalue weighted by Gasteiger charge is -2.70. The van der Waals surface area contributed by atoms with Gasteiger partial charge in [0.1, 0.15) is 11.6 Å². The van der Waals surface area contributed by atoms with Crippen LogP contribution in [0.15, 0.2) is 12.4 Å². The molecule has 8 rings (SSSR count). The smallest absolute Gasteiger partial charge is 0.367 e. The number of anilines is 1. The molecule has 5 fully saturated rings. The summed E-state index contributed by atoms with van der Waals surface area (Å²) < 4.78 is 49.1. The second kappa shape index (κ2) is 7.14. The zero-order valence-electron chi connectivity index (χ0n) is 20.5. The van der Waals surface area contributed by atoms with Gasteiger partial charge in [0.2, 0.25) is 5.95 Å². The molecule has 2 atom stereocenters. The number of aryl methyl sites for hydroxylation is 2. The number of ether oxygens (including phenoxy) is 1. The number of fused-ring (bicyclic) bond motifs is 1. The average molecular weight is 500 g/mol. The second-order valence-electron chi connectivity index (χ2n) is 11.4. The van der Waals surface area contributed by atoms with Crippen LogP contribution in [0.3, 0.4) is 0 Å². The summed E-state index contributed by atoms with van der Waals surface area (Å²) in [4.78, 5) is 21.1. The molecule has 2 bridgehead atoms. The van der Waals surface area contributed by atoms with Crippen molar-refractivity contribution >= 4 is 17.1 Å². The van der Waals surface area contributed by atoms with Crippen molar-refractivity contribution in [2.75, 3.05) is 18.0 Å². The van der Waals surface area contributed by atoms with Gasteiger partial charge in [-0.25, -0.2) is 15.0 Å². The highest BCUT2D eigenvalue weighted by Crippen LogP contribution is 2.78. The van der Waals surface area contributed by atoms with Gasteiger partial charge in [0, 0.05) is 23.7 Å². The van der Waals surface area contributed by atoms with Crippen LogP contribution >= 0.6 is 0 Å². The number of aromatic nitrogens is 6. The van der Waals surface area contributed by atoms with Gasteiger partial charge in [-0.05, 0) is 52.9 Å². The molecular formula is C25H28F3N7O. The van der Waals surface area contributed by atoms with E-state index in [0.29, 0.717) is 41.9 Å². The Balaban J connectivity index is 1.26. The first-order chi connectivity index (χ1) is 17.1. The van der Waals surface area contributed by atoms with Gasteiger partial charge in [-0.15, -0.1) is 0 Å². The van der Waals surface area contributed by atoms with Gasteiger partial charge in [0.15, 0.2) is 5.65 Å². The number of nitrogens with zero attached hydrogens (tertiary/aromatic N) is 7. The summed E-state index contributed by atoms with van der Waals surface area (Å²) in [6.07, 6.45) is 1.95. The number of hydrogen-bond donors (Lipinski definition) is 0. The van der Waals surface area contributed by atoms with E-state index in [4.69, 9.17) is 19.7 Å². The van der Waals surface area contributed by atoms with Crippen LogP contribution in [0.2, 0.25) is 0 Å². The second-order valence-corrected chi connectivity index (χ2v) is 11.4. The Morgan fingerprint density at radius 2 is 1.72 bits per heavy atom. The van der Waals surface area contributed by atoms with Crippen LogP contribution in [0.5, 0.6) is 0 Å². The van der Waals surface area contributed by atoms with Crippen molar-refractivity contribution in [2.24, 2.45) is 5.41 Å². The largest absolute Gasteiger partial charge is 0.394 e. The van der Waals surface area contributed by atoms with E-state index >= 15 is 0 Å². The zero-order valence-corrected chi connectivity index (χ0v) is 20.5. The highest BCUT2D eigenvalue weighted by atomic mass is 19.4. The highest BCUT2D eigenvalue weighted by molar-refractivity contribution is 5.77. The Morgan fingerprint density at radius 1 is 1.00 bits per heavy atom. The van der Waals surface area contributed by atoms with Gasteiger partial charge in [0.05, 0.1) is 47.4 Å². The van der Waals surface area contributed by atoms with E-state index in [2.05, 4.69) is 21.2 Å². The van der Waals surface area contributed by atoms with Crippen LogP contribution in [0.4, 0.5) is 19.1 Å². The van der Waals surface area contributed by atoms with Gasteiger partial charge in [-0.1, -0.05) is 0 Å². The fourth-order valence-corrected chi connectivity index (χ4v) is 6.31. The normalized spacial score (nSPS) is 31.9. The number of alkyl halides is 3. The minimum Gasteiger partial charge on any atom is -0.367 e. The standard InChI is InChI=1S/C25H28F3N7O/c1-13-7-34(9-18(36-13)16-6-29-35(8-16)17-4-5-17)22-32-20(19-21(33-22)31-15(3)14(2)30-19)23-10-24(11-23,12-23)25(26,27)28/h6,8,13,17-18H,4-5,7,9-12H2,1-3H3/t13-,18-,23?,24?/m1/s1. The lowest BCUT2D eigenvalue weighted by molar-refractivity contribution is -0.337. The van der Waals surface area contributed by atoms with Gasteiger partial charge in [0.25, 0.3) is 0 Å². The Morgan fingerprint density at radius 3 is 2.42 bits per heavy atom. The third-order valence-corrected chi connectivity index (χ3v) is 8.52. The van der Waals surface area contributed by atoms with Crippen molar-refractivity contribution in [3.05, 3.63) is 35.0 Å². The quantitative estimate of drug-likeness (QED) is 0.522. The molecule has 3 aromatic heterocycles. The SMILES string of the molecule is Cc1nc2nc(N3C[C@@H](C)O[C@@H](c4cnn(C5CC5)c4)C3)nc(C34CC(C(F)(F)F)(C3)C4)c2nc1C. The molecular weight excluding hydrogens is 471 g/mol. The third kappa shape index (κ3) is 3.20. The maximum atomic E-state index is 13.6. The minimum atomic E-state index is -4.18. The van der Waals surface area contributed by atoms with Gasteiger partial charge in [-0.2, -0.15) is 23.3 Å². The highest BCUT2D eigenvalue weighted by Gasteiger charge is 2.79. The van der Waals surface area contributed by atoms with Crippen molar-refractivity contribution in [2.45, 2.75) is 82.7 Å². The van der Waals surface area contributed by atoms with E-state index in [9.17, 15) is 13.2 Å². The van der Waals surface area contributed by atoms with E-state index in [1.54, 1.807) is 0 Å². The topological polar surface area (TPSA) is 81.9 Å². The molecule has 190 valence electrons. The number of rotatable bonds is 4. The molecule has 0 radical (unpaired) electrons. The van der Waals surface area contributed by atoms with Crippen molar-refractivity contribution in [3.63, 3.8) is 0 Å². The molecule has 36 heavy (non-hydrogen) atoms. The summed E-state index contributed by atoms with van der Waals surface area (Å²) >= 11 is 0. The molecule has 4 aliphatic carbocycles. The molecule has 1 aliphatic heterocycles. The summed E-state index contributed by atoms with van der Waals surface area (Å²) in [5.41, 5.74) is 1.91. The molecule has 8 nitrogen and oxygen atoms in total. The summed E-state index contributed by atoms with van der Waals surface area (Å²) in [5, 5.41) is 4.51. The van der Waals surface area contributed by atoms with Crippen LogP contribution < -0.4 is 4.90 Å². The van der Waals surface area contributed by atoms with Gasteiger partial charge < -0.3 is 9.64 Å². The maximum absolute atomic E-state index is 13.6. The molecule has 3 aromatic rings. The molecule has 0 spiro atoms. The Labute approximate surface area is 206 Å². The van der Waals surface area contributed by atoms with E-state index in [-0.39, 0.29) is 31.5 Å². The fourth-order valence-electron chi connectivity index (χ4n) is 6.31. The molecule has 0 N–H and O–H groups in total. The van der Waals surface area contributed by atoms with Crippen LogP contribution in [0.1, 0.15) is 73.8 Å². The van der Waals surface area contributed by atoms with Crippen LogP contribution in [-0.2, 0) is 10.2 Å². The fraction of sp³-hybridized carbons (Fsp3) is 0.640. The first-order valence-electron chi connectivity index (χ1n) is 12.6. The zero-order chi connectivity index (χ0) is 25.0. The summed E-state index contributed by atoms with van der Waals surface area (Å²) in [5.74, 6) is 0.482. The molecule has 5 aliphatic rings. The molecule has 0 unspecified atom stereocenters. The minimum absolute atomic E-state index is 0.0617. The van der Waals surface area contributed by atoms with Crippen LogP contribution in [0, 0.1) is 19.3 Å². The molecule has 4 heterocycles. The average Bonchev–Trinajstić information content (AvgIpc) is 3.48. The predicted octanol–water partition coefficient (Wildman–Crippen LogP) is 4.52. The molecule has 0 amide bonds. The summed E-state index contributed by atoms with van der Waals surface area (Å²) in [7, 11) is 0. The van der Waals surface area contributed by atoms with E-state index in [0.717, 1.165) is 29.8 Å². The van der Waals surface area contributed by atoms with Crippen molar-refractivity contribution < 1.29 is 17.9 Å². The van der Waals surface area contributed by atoms with E-state index in [1.165, 1.54) is 0 Å². The van der Waals surface area contributed by atoms with Crippen molar-refractivity contribution in [3.8, 4) is 0 Å². The maximum Gasteiger partial charge on any atom is 0.394 e. The lowest BCUT2D eigenvalue weighted by atomic mass is 9.34. The number of halogens is 3. The van der Waals surface area contributed by atoms with E-state index < -0.39 is 17.0 Å². The molecule has 0 aromatic carbocycles. The molecule has 11 heteroatoms. The lowest BCUT2D eigenvalue weighted by Crippen LogP contribution is -2.70. The van der Waals surface area contributed by atoms with Crippen molar-refractivity contribution in [1.82, 2.24) is 29.7 Å². The van der Waals surface area contributed by atoms with Gasteiger partial charge in [-0.3, -0.25) is 4.68 Å². The first-order valence-corrected chi connectivity index (χ1v) is 12.6. The Hall–Kier alpha value is -2.82. The summed E-state index contributed by atoms with van der Waals surface area (Å²) in [6, 6.07) is 0.487. The Bertz CT molecular complexity index is 1360. The summed E-state index contributed by atoms with van der Waals surface area (Å²) in [6.45, 7) is 6.84. The number of morpholine rings is 1. The molecule has 4 saturated carbocycles. The first kappa shape index (κ1) is 22.4. The van der Waals surface area contributed by atoms with E-state index in [1.807, 2.05) is 31.6 Å². The van der Waals surface area contributed by atoms with Crippen molar-refractivity contribution in [1.29, 1.82) is 0 Å². The predicted molar refractivity (Wildman–Crippen MR) is 125 cm³/mol.